The molecule has 0 aliphatic carbocycles. The van der Waals surface area contributed by atoms with Crippen molar-refractivity contribution in [3.8, 4) is 5.40 Å². The number of allylic oxidation sites excluding steroid dienone is 1. The molecule has 22 heavy (non-hydrogen) atoms. The Morgan fingerprint density at radius 1 is 1.32 bits per heavy atom. The number of hydrogen-bond donors (Lipinski definition) is 1. The van der Waals surface area contributed by atoms with E-state index in [0.29, 0.717) is 5.69 Å². The van der Waals surface area contributed by atoms with E-state index in [1.165, 1.54) is 6.08 Å². The van der Waals surface area contributed by atoms with E-state index in [-0.39, 0.29) is 6.61 Å². The minimum atomic E-state index is -0.538. The van der Waals surface area contributed by atoms with Crippen LogP contribution in [0.4, 0.5) is 5.69 Å². The molecule has 0 unspecified atom stereocenters. The Balaban J connectivity index is 2.71. The number of nitrogens with zero attached hydrogens (tertiary/aromatic N) is 1. The first-order valence-corrected chi connectivity index (χ1v) is 7.44. The average Bonchev–Trinajstić information content (AvgIpc) is 2.40. The van der Waals surface area contributed by atoms with Gasteiger partial charge in [0.25, 0.3) is 5.91 Å². The third-order valence-electron chi connectivity index (χ3n) is 2.69. The van der Waals surface area contributed by atoms with Gasteiger partial charge in [0.05, 0.1) is 0 Å². The Morgan fingerprint density at radius 3 is 2.41 bits per heavy atom. The van der Waals surface area contributed by atoms with E-state index in [1.807, 2.05) is 31.4 Å². The van der Waals surface area contributed by atoms with Gasteiger partial charge in [-0.3, -0.25) is 4.79 Å². The van der Waals surface area contributed by atoms with E-state index in [2.05, 4.69) is 5.32 Å². The fraction of sp³-hybridized carbons (Fsp3) is 0.312. The number of thioether (sulfide) groups is 1. The highest BCUT2D eigenvalue weighted by molar-refractivity contribution is 8.03. The van der Waals surface area contributed by atoms with Gasteiger partial charge in [-0.05, 0) is 62.7 Å². The van der Waals surface area contributed by atoms with Crippen LogP contribution in [0.1, 0.15) is 25.0 Å². The van der Waals surface area contributed by atoms with Crippen LogP contribution in [0.5, 0.6) is 0 Å². The lowest BCUT2D eigenvalue weighted by molar-refractivity contribution is -0.142. The quantitative estimate of drug-likeness (QED) is 0.390. The normalized spacial score (nSPS) is 9.59. The second kappa shape index (κ2) is 8.25. The molecular weight excluding hydrogens is 300 g/mol. The summed E-state index contributed by atoms with van der Waals surface area (Å²) in [6.45, 7) is 6.90. The molecule has 0 aliphatic rings. The number of nitriles is 1. The lowest BCUT2D eigenvalue weighted by atomic mass is 10.1. The Hall–Kier alpha value is -2.26. The number of hydrogen-bond acceptors (Lipinski definition) is 5. The standard InChI is InChI=1S/C16H18N2O3S/c1-10(2)5-15(20)21-8-14(19)18-16-11(3)6-13(22-9-17)7-12(16)4/h5-7H,8H2,1-4H3,(H,18,19). The Bertz CT molecular complexity index is 633. The number of esters is 1. The predicted octanol–water partition coefficient (Wildman–Crippen LogP) is 3.32. The van der Waals surface area contributed by atoms with Gasteiger partial charge >= 0.3 is 5.97 Å². The van der Waals surface area contributed by atoms with Crippen LogP contribution >= 0.6 is 11.8 Å². The van der Waals surface area contributed by atoms with Crippen molar-refractivity contribution in [2.24, 2.45) is 0 Å². The third kappa shape index (κ3) is 5.62. The zero-order valence-electron chi connectivity index (χ0n) is 13.0. The topological polar surface area (TPSA) is 79.2 Å². The van der Waals surface area contributed by atoms with Gasteiger partial charge in [0.1, 0.15) is 5.40 Å². The molecule has 1 amide bonds. The molecule has 0 fully saturated rings. The number of aryl methyl sites for hydroxylation is 2. The molecule has 5 nitrogen and oxygen atoms in total. The zero-order valence-corrected chi connectivity index (χ0v) is 13.8. The minimum Gasteiger partial charge on any atom is -0.452 e. The van der Waals surface area contributed by atoms with Gasteiger partial charge in [0.15, 0.2) is 6.61 Å². The summed E-state index contributed by atoms with van der Waals surface area (Å²) in [5, 5.41) is 13.4. The summed E-state index contributed by atoms with van der Waals surface area (Å²) < 4.78 is 4.85. The van der Waals surface area contributed by atoms with Crippen LogP contribution in [0.2, 0.25) is 0 Å². The van der Waals surface area contributed by atoms with Crippen molar-refractivity contribution in [3.63, 3.8) is 0 Å². The summed E-state index contributed by atoms with van der Waals surface area (Å²) in [4.78, 5) is 24.0. The number of amides is 1. The van der Waals surface area contributed by atoms with E-state index in [0.717, 1.165) is 33.4 Å². The molecular formula is C16H18N2O3S. The van der Waals surface area contributed by atoms with Crippen molar-refractivity contribution in [1.29, 1.82) is 5.26 Å². The summed E-state index contributed by atoms with van der Waals surface area (Å²) in [6, 6.07) is 3.65. The third-order valence-corrected chi connectivity index (χ3v) is 3.25. The van der Waals surface area contributed by atoms with Crippen LogP contribution in [0.3, 0.4) is 0 Å². The molecule has 0 spiro atoms. The molecule has 0 atom stereocenters. The Morgan fingerprint density at radius 2 is 1.91 bits per heavy atom. The molecule has 1 aromatic carbocycles. The summed E-state index contributed by atoms with van der Waals surface area (Å²) in [5.41, 5.74) is 3.18. The highest BCUT2D eigenvalue weighted by atomic mass is 32.2. The summed E-state index contributed by atoms with van der Waals surface area (Å²) in [5.74, 6) is -0.938. The molecule has 1 N–H and O–H groups in total. The number of nitrogens with one attached hydrogen (secondary N) is 1. The van der Waals surface area contributed by atoms with Gasteiger partial charge in [-0.25, -0.2) is 4.79 Å². The number of carbonyl (C=O) groups is 2. The van der Waals surface area contributed by atoms with Gasteiger partial charge in [0, 0.05) is 16.7 Å². The van der Waals surface area contributed by atoms with Crippen LogP contribution in [0, 0.1) is 24.5 Å². The highest BCUT2D eigenvalue weighted by Gasteiger charge is 2.11. The van der Waals surface area contributed by atoms with Crippen molar-refractivity contribution in [2.45, 2.75) is 32.6 Å². The van der Waals surface area contributed by atoms with E-state index in [9.17, 15) is 9.59 Å². The fourth-order valence-electron chi connectivity index (χ4n) is 1.82. The van der Waals surface area contributed by atoms with Gasteiger partial charge in [0.2, 0.25) is 0 Å². The number of anilines is 1. The van der Waals surface area contributed by atoms with E-state index < -0.39 is 11.9 Å². The number of rotatable bonds is 5. The first-order valence-electron chi connectivity index (χ1n) is 6.62. The van der Waals surface area contributed by atoms with Crippen LogP contribution < -0.4 is 5.32 Å². The minimum absolute atomic E-state index is 0.337. The fourth-order valence-corrected chi connectivity index (χ4v) is 2.40. The molecule has 0 radical (unpaired) electrons. The molecule has 116 valence electrons. The molecule has 1 rings (SSSR count). The number of ether oxygens (including phenoxy) is 1. The summed E-state index contributed by atoms with van der Waals surface area (Å²) >= 11 is 1.07. The number of thiocyanates is 1. The van der Waals surface area contributed by atoms with Gasteiger partial charge in [-0.2, -0.15) is 5.26 Å². The second-order valence-corrected chi connectivity index (χ2v) is 5.86. The summed E-state index contributed by atoms with van der Waals surface area (Å²) in [7, 11) is 0. The Labute approximate surface area is 134 Å². The predicted molar refractivity (Wildman–Crippen MR) is 86.4 cm³/mol. The van der Waals surface area contributed by atoms with Crippen molar-refractivity contribution in [1.82, 2.24) is 0 Å². The molecule has 0 aromatic heterocycles. The van der Waals surface area contributed by atoms with Crippen molar-refractivity contribution < 1.29 is 14.3 Å². The van der Waals surface area contributed by atoms with E-state index in [4.69, 9.17) is 10.00 Å². The van der Waals surface area contributed by atoms with E-state index >= 15 is 0 Å². The first kappa shape index (κ1) is 17.8. The molecule has 1 aromatic rings. The van der Waals surface area contributed by atoms with Crippen LogP contribution in [-0.2, 0) is 14.3 Å². The van der Waals surface area contributed by atoms with Gasteiger partial charge < -0.3 is 10.1 Å². The average molecular weight is 318 g/mol. The molecule has 0 heterocycles. The van der Waals surface area contributed by atoms with Crippen LogP contribution in [-0.4, -0.2) is 18.5 Å². The van der Waals surface area contributed by atoms with Crippen molar-refractivity contribution in [3.05, 3.63) is 34.9 Å². The Kier molecular flexibility index (Phi) is 6.67. The first-order chi connectivity index (χ1) is 10.3. The number of benzene rings is 1. The van der Waals surface area contributed by atoms with Gasteiger partial charge in [-0.15, -0.1) is 0 Å². The summed E-state index contributed by atoms with van der Waals surface area (Å²) in [6.07, 6.45) is 1.33. The molecule has 0 bridgehead atoms. The van der Waals surface area contributed by atoms with E-state index in [1.54, 1.807) is 13.8 Å². The largest absolute Gasteiger partial charge is 0.452 e. The van der Waals surface area contributed by atoms with Crippen molar-refractivity contribution in [2.75, 3.05) is 11.9 Å². The molecule has 6 heteroatoms. The molecule has 0 saturated carbocycles. The lowest BCUT2D eigenvalue weighted by Gasteiger charge is -2.12. The van der Waals surface area contributed by atoms with Gasteiger partial charge in [-0.1, -0.05) is 5.57 Å². The van der Waals surface area contributed by atoms with Crippen LogP contribution in [0.15, 0.2) is 28.7 Å². The smallest absolute Gasteiger partial charge is 0.331 e. The second-order valence-electron chi connectivity index (χ2n) is 5.00. The molecule has 0 aliphatic heterocycles. The monoisotopic (exact) mass is 318 g/mol. The maximum Gasteiger partial charge on any atom is 0.331 e. The highest BCUT2D eigenvalue weighted by Crippen LogP contribution is 2.27. The lowest BCUT2D eigenvalue weighted by Crippen LogP contribution is -2.21. The maximum atomic E-state index is 11.9. The SMILES string of the molecule is CC(C)=CC(=O)OCC(=O)Nc1c(C)cc(SC#N)cc1C. The number of carbonyl (C=O) groups excluding carboxylic acids is 2. The maximum absolute atomic E-state index is 11.9. The van der Waals surface area contributed by atoms with Crippen LogP contribution in [0.25, 0.3) is 0 Å². The van der Waals surface area contributed by atoms with Crippen molar-refractivity contribution >= 4 is 29.3 Å². The molecule has 0 saturated heterocycles. The zero-order chi connectivity index (χ0) is 16.7.